The first-order valence-electron chi connectivity index (χ1n) is 13.4. The highest BCUT2D eigenvalue weighted by atomic mass is 16.2. The quantitative estimate of drug-likeness (QED) is 0.444. The second-order valence-electron chi connectivity index (χ2n) is 11.9. The number of fused-ring (bicyclic) bond motifs is 2. The molecule has 2 aliphatic carbocycles. The molecule has 0 aliphatic heterocycles. The second-order valence-corrected chi connectivity index (χ2v) is 11.9. The van der Waals surface area contributed by atoms with E-state index in [1.807, 2.05) is 4.90 Å². The van der Waals surface area contributed by atoms with Crippen LogP contribution in [0.15, 0.2) is 24.3 Å². The highest BCUT2D eigenvalue weighted by Gasteiger charge is 2.29. The molecule has 2 aliphatic rings. The number of carbonyl (C=O) groups is 1. The lowest BCUT2D eigenvalue weighted by molar-refractivity contribution is -0.119. The van der Waals surface area contributed by atoms with E-state index in [-0.39, 0.29) is 5.91 Å². The Morgan fingerprint density at radius 3 is 2.69 bits per heavy atom. The molecule has 6 nitrogen and oxygen atoms in total. The first-order valence-corrected chi connectivity index (χ1v) is 13.4. The molecule has 1 aromatic carbocycles. The van der Waals surface area contributed by atoms with Crippen molar-refractivity contribution in [1.29, 1.82) is 0 Å². The summed E-state index contributed by atoms with van der Waals surface area (Å²) in [6.45, 7) is 6.22. The Morgan fingerprint density at radius 1 is 1.11 bits per heavy atom. The van der Waals surface area contributed by atoms with Gasteiger partial charge < -0.3 is 14.8 Å². The van der Waals surface area contributed by atoms with Crippen LogP contribution in [0, 0.1) is 11.3 Å². The number of carbonyl (C=O) groups excluding carboxylic acids is 1. The van der Waals surface area contributed by atoms with Crippen molar-refractivity contribution in [2.75, 3.05) is 32.1 Å². The number of benzene rings is 1. The maximum absolute atomic E-state index is 13.4. The summed E-state index contributed by atoms with van der Waals surface area (Å²) in [6, 6.07) is 8.60. The van der Waals surface area contributed by atoms with Crippen molar-refractivity contribution < 1.29 is 4.79 Å². The molecule has 2 N–H and O–H groups in total. The van der Waals surface area contributed by atoms with Crippen LogP contribution in [-0.2, 0) is 17.6 Å². The number of aromatic nitrogens is 3. The molecule has 1 amide bonds. The van der Waals surface area contributed by atoms with Gasteiger partial charge in [0.1, 0.15) is 5.69 Å². The fraction of sp³-hybridized carbons (Fsp3) is 0.586. The molecule has 2 aromatic heterocycles. The predicted octanol–water partition coefficient (Wildman–Crippen LogP) is 5.94. The minimum absolute atomic E-state index is 0.258. The molecular formula is C29H41N5O. The monoisotopic (exact) mass is 475 g/mol. The van der Waals surface area contributed by atoms with Crippen LogP contribution in [0.1, 0.15) is 70.1 Å². The van der Waals surface area contributed by atoms with Crippen LogP contribution in [0.25, 0.3) is 22.3 Å². The summed E-state index contributed by atoms with van der Waals surface area (Å²) < 4.78 is 0. The molecule has 6 heteroatoms. The van der Waals surface area contributed by atoms with Crippen molar-refractivity contribution in [1.82, 2.24) is 20.1 Å². The number of likely N-dealkylation sites (N-methyl/N-ethyl adjacent to an activating group) is 1. The van der Waals surface area contributed by atoms with E-state index in [0.29, 0.717) is 24.3 Å². The van der Waals surface area contributed by atoms with Gasteiger partial charge in [-0.1, -0.05) is 39.2 Å². The molecule has 35 heavy (non-hydrogen) atoms. The fourth-order valence-electron chi connectivity index (χ4n) is 5.93. The van der Waals surface area contributed by atoms with Crippen LogP contribution in [0.3, 0.4) is 0 Å². The molecule has 0 radical (unpaired) electrons. The third-order valence-electron chi connectivity index (χ3n) is 8.09. The number of rotatable bonds is 7. The van der Waals surface area contributed by atoms with Gasteiger partial charge in [-0.3, -0.25) is 9.89 Å². The van der Waals surface area contributed by atoms with Crippen molar-refractivity contribution in [3.63, 3.8) is 0 Å². The molecule has 0 spiro atoms. The number of aromatic amines is 2. The summed E-state index contributed by atoms with van der Waals surface area (Å²) in [5, 5.41) is 9.17. The van der Waals surface area contributed by atoms with E-state index in [9.17, 15) is 4.79 Å². The van der Waals surface area contributed by atoms with E-state index in [4.69, 9.17) is 5.10 Å². The molecular weight excluding hydrogens is 434 g/mol. The Morgan fingerprint density at radius 2 is 1.91 bits per heavy atom. The van der Waals surface area contributed by atoms with Gasteiger partial charge in [-0.15, -0.1) is 0 Å². The molecule has 0 saturated heterocycles. The number of nitrogens with one attached hydrogen (secondary N) is 2. The van der Waals surface area contributed by atoms with Gasteiger partial charge in [0.2, 0.25) is 5.91 Å². The number of H-pyrrole nitrogens is 2. The minimum atomic E-state index is 0.258. The van der Waals surface area contributed by atoms with Crippen LogP contribution in [0.5, 0.6) is 0 Å². The molecule has 5 rings (SSSR count). The lowest BCUT2D eigenvalue weighted by Crippen LogP contribution is -2.37. The van der Waals surface area contributed by atoms with Crippen molar-refractivity contribution >= 4 is 22.5 Å². The van der Waals surface area contributed by atoms with Gasteiger partial charge in [-0.05, 0) is 75.7 Å². The molecule has 1 fully saturated rings. The van der Waals surface area contributed by atoms with Gasteiger partial charge in [0.25, 0.3) is 0 Å². The summed E-state index contributed by atoms with van der Waals surface area (Å²) in [4.78, 5) is 21.2. The molecule has 1 saturated carbocycles. The normalized spacial score (nSPS) is 18.2. The van der Waals surface area contributed by atoms with E-state index >= 15 is 0 Å². The summed E-state index contributed by atoms with van der Waals surface area (Å²) in [5.74, 6) is 0.795. The first-order chi connectivity index (χ1) is 16.8. The molecule has 0 unspecified atom stereocenters. The number of hydrogen-bond donors (Lipinski definition) is 2. The summed E-state index contributed by atoms with van der Waals surface area (Å²) >= 11 is 0. The van der Waals surface area contributed by atoms with E-state index in [1.54, 1.807) is 0 Å². The fourth-order valence-corrected chi connectivity index (χ4v) is 5.93. The van der Waals surface area contributed by atoms with Crippen molar-refractivity contribution in [3.05, 3.63) is 35.5 Å². The number of amides is 1. The third kappa shape index (κ3) is 5.32. The number of hydrogen-bond acceptors (Lipinski definition) is 3. The van der Waals surface area contributed by atoms with Crippen molar-refractivity contribution in [3.8, 4) is 11.4 Å². The van der Waals surface area contributed by atoms with Crippen LogP contribution in [0.2, 0.25) is 0 Å². The zero-order valence-electron chi connectivity index (χ0n) is 21.9. The first kappa shape index (κ1) is 24.1. The topological polar surface area (TPSA) is 68.0 Å². The maximum Gasteiger partial charge on any atom is 0.227 e. The van der Waals surface area contributed by atoms with Gasteiger partial charge in [-0.25, -0.2) is 0 Å². The highest BCUT2D eigenvalue weighted by molar-refractivity contribution is 5.97. The predicted molar refractivity (Wildman–Crippen MR) is 144 cm³/mol. The second kappa shape index (κ2) is 9.81. The Bertz CT molecular complexity index is 1180. The average Bonchev–Trinajstić information content (AvgIpc) is 3.42. The summed E-state index contributed by atoms with van der Waals surface area (Å²) in [7, 11) is 4.13. The van der Waals surface area contributed by atoms with E-state index in [1.165, 1.54) is 49.8 Å². The van der Waals surface area contributed by atoms with Gasteiger partial charge in [-0.2, -0.15) is 5.10 Å². The van der Waals surface area contributed by atoms with Crippen molar-refractivity contribution in [2.45, 2.75) is 71.6 Å². The molecule has 0 atom stereocenters. The lowest BCUT2D eigenvalue weighted by atomic mass is 9.76. The van der Waals surface area contributed by atoms with Crippen LogP contribution in [0.4, 0.5) is 5.69 Å². The molecule has 0 bridgehead atoms. The Labute approximate surface area is 209 Å². The standard InChI is InChI=1S/C29H41N5O/c1-29(2)13-12-23-26(19-29)31-32-28(23)25-17-21-10-11-22(18-24(21)30-25)34(15-14-33(3)4)27(35)16-20-8-6-5-7-9-20/h10-11,17-18,20,30H,5-9,12-16,19H2,1-4H3,(H,31,32). The van der Waals surface area contributed by atoms with Gasteiger partial charge in [0.15, 0.2) is 0 Å². The zero-order valence-corrected chi connectivity index (χ0v) is 21.9. The summed E-state index contributed by atoms with van der Waals surface area (Å²) in [5.41, 5.74) is 7.11. The third-order valence-corrected chi connectivity index (χ3v) is 8.09. The van der Waals surface area contributed by atoms with E-state index in [0.717, 1.165) is 47.4 Å². The van der Waals surface area contributed by atoms with Crippen molar-refractivity contribution in [2.24, 2.45) is 11.3 Å². The number of nitrogens with zero attached hydrogens (tertiary/aromatic N) is 3. The number of anilines is 1. The van der Waals surface area contributed by atoms with Crippen LogP contribution in [-0.4, -0.2) is 53.2 Å². The Hall–Kier alpha value is -2.60. The van der Waals surface area contributed by atoms with E-state index < -0.39 is 0 Å². The largest absolute Gasteiger partial charge is 0.353 e. The van der Waals surface area contributed by atoms with Gasteiger partial charge in [0, 0.05) is 47.4 Å². The average molecular weight is 476 g/mol. The van der Waals surface area contributed by atoms with Gasteiger partial charge >= 0.3 is 0 Å². The maximum atomic E-state index is 13.4. The lowest BCUT2D eigenvalue weighted by Gasteiger charge is -2.29. The molecule has 188 valence electrons. The highest BCUT2D eigenvalue weighted by Crippen LogP contribution is 2.38. The Kier molecular flexibility index (Phi) is 6.75. The van der Waals surface area contributed by atoms with E-state index in [2.05, 4.69) is 67.2 Å². The molecule has 2 heterocycles. The van der Waals surface area contributed by atoms with Crippen LogP contribution >= 0.6 is 0 Å². The van der Waals surface area contributed by atoms with Gasteiger partial charge in [0.05, 0.1) is 5.69 Å². The summed E-state index contributed by atoms with van der Waals surface area (Å²) in [6.07, 6.45) is 10.2. The zero-order chi connectivity index (χ0) is 24.6. The minimum Gasteiger partial charge on any atom is -0.353 e. The smallest absolute Gasteiger partial charge is 0.227 e. The SMILES string of the molecule is CN(C)CCN(C(=O)CC1CCCCC1)c1ccc2cc(-c3n[nH]c4c3CCC(C)(C)C4)[nH]c2c1. The van der Waals surface area contributed by atoms with Crippen LogP contribution < -0.4 is 4.90 Å². The molecule has 3 aromatic rings. The Balaban J connectivity index is 1.41.